The van der Waals surface area contributed by atoms with Crippen molar-refractivity contribution in [3.8, 4) is 5.75 Å². The van der Waals surface area contributed by atoms with Crippen molar-refractivity contribution in [1.82, 2.24) is 5.32 Å². The van der Waals surface area contributed by atoms with Crippen LogP contribution in [0.15, 0.2) is 36.4 Å². The SMILES string of the molecule is CNC(Cc1ccc(Cl)cc1Cl)c1cc(F)ccc1OC. The van der Waals surface area contributed by atoms with Gasteiger partial charge in [-0.25, -0.2) is 4.39 Å². The van der Waals surface area contributed by atoms with Crippen molar-refractivity contribution in [2.75, 3.05) is 14.2 Å². The Morgan fingerprint density at radius 1 is 1.19 bits per heavy atom. The lowest BCUT2D eigenvalue weighted by Gasteiger charge is -2.20. The van der Waals surface area contributed by atoms with Crippen LogP contribution in [0.4, 0.5) is 4.39 Å². The van der Waals surface area contributed by atoms with Gasteiger partial charge in [-0.2, -0.15) is 0 Å². The van der Waals surface area contributed by atoms with Gasteiger partial charge in [0.25, 0.3) is 0 Å². The van der Waals surface area contributed by atoms with Gasteiger partial charge in [-0.05, 0) is 49.4 Å². The molecule has 0 bridgehead atoms. The Labute approximate surface area is 133 Å². The number of nitrogens with one attached hydrogen (secondary N) is 1. The van der Waals surface area contributed by atoms with Crippen molar-refractivity contribution in [2.24, 2.45) is 0 Å². The molecule has 0 saturated carbocycles. The molecule has 0 spiro atoms. The van der Waals surface area contributed by atoms with E-state index in [1.165, 1.54) is 12.1 Å². The molecule has 5 heteroatoms. The van der Waals surface area contributed by atoms with Crippen molar-refractivity contribution < 1.29 is 9.13 Å². The van der Waals surface area contributed by atoms with Gasteiger partial charge in [-0.3, -0.25) is 0 Å². The first-order chi connectivity index (χ1) is 10.0. The second-order valence-corrected chi connectivity index (χ2v) is 5.51. The van der Waals surface area contributed by atoms with Gasteiger partial charge in [-0.1, -0.05) is 29.3 Å². The van der Waals surface area contributed by atoms with Gasteiger partial charge in [0.15, 0.2) is 0 Å². The Bertz CT molecular complexity index is 634. The van der Waals surface area contributed by atoms with E-state index in [-0.39, 0.29) is 11.9 Å². The van der Waals surface area contributed by atoms with Gasteiger partial charge >= 0.3 is 0 Å². The molecule has 0 amide bonds. The summed E-state index contributed by atoms with van der Waals surface area (Å²) >= 11 is 12.1. The molecular weight excluding hydrogens is 312 g/mol. The Balaban J connectivity index is 2.34. The summed E-state index contributed by atoms with van der Waals surface area (Å²) in [5.41, 5.74) is 1.69. The van der Waals surface area contributed by atoms with Gasteiger partial charge < -0.3 is 10.1 Å². The zero-order valence-corrected chi connectivity index (χ0v) is 13.3. The van der Waals surface area contributed by atoms with E-state index in [0.29, 0.717) is 22.2 Å². The topological polar surface area (TPSA) is 21.3 Å². The molecule has 0 heterocycles. The average Bonchev–Trinajstić information content (AvgIpc) is 2.46. The molecule has 0 saturated heterocycles. The van der Waals surface area contributed by atoms with Crippen LogP contribution in [0.3, 0.4) is 0 Å². The lowest BCUT2D eigenvalue weighted by Crippen LogP contribution is -2.20. The van der Waals surface area contributed by atoms with E-state index in [1.807, 2.05) is 13.1 Å². The number of hydrogen-bond donors (Lipinski definition) is 1. The van der Waals surface area contributed by atoms with Crippen molar-refractivity contribution in [2.45, 2.75) is 12.5 Å². The minimum atomic E-state index is -0.298. The quantitative estimate of drug-likeness (QED) is 0.863. The number of hydrogen-bond acceptors (Lipinski definition) is 2. The van der Waals surface area contributed by atoms with Crippen LogP contribution in [0, 0.1) is 5.82 Å². The molecule has 2 nitrogen and oxygen atoms in total. The van der Waals surface area contributed by atoms with Crippen LogP contribution >= 0.6 is 23.2 Å². The number of likely N-dealkylation sites (N-methyl/N-ethyl adjacent to an activating group) is 1. The van der Waals surface area contributed by atoms with Gasteiger partial charge in [0.2, 0.25) is 0 Å². The smallest absolute Gasteiger partial charge is 0.123 e. The van der Waals surface area contributed by atoms with Gasteiger partial charge in [0.1, 0.15) is 11.6 Å². The Kier molecular flexibility index (Phi) is 5.45. The third-order valence-electron chi connectivity index (χ3n) is 3.35. The molecule has 2 aromatic carbocycles. The maximum absolute atomic E-state index is 13.5. The standard InChI is InChI=1S/C16H16Cl2FNO/c1-20-15(7-10-3-4-11(17)8-14(10)18)13-9-12(19)5-6-16(13)21-2/h3-6,8-9,15,20H,7H2,1-2H3. The molecule has 0 radical (unpaired) electrons. The molecule has 1 unspecified atom stereocenters. The van der Waals surface area contributed by atoms with Crippen molar-refractivity contribution in [3.63, 3.8) is 0 Å². The van der Waals surface area contributed by atoms with E-state index in [4.69, 9.17) is 27.9 Å². The van der Waals surface area contributed by atoms with Crippen LogP contribution in [0.5, 0.6) is 5.75 Å². The summed E-state index contributed by atoms with van der Waals surface area (Å²) in [4.78, 5) is 0. The molecule has 1 atom stereocenters. The molecule has 0 aliphatic heterocycles. The Morgan fingerprint density at radius 3 is 2.57 bits per heavy atom. The molecule has 0 fully saturated rings. The zero-order chi connectivity index (χ0) is 15.4. The summed E-state index contributed by atoms with van der Waals surface area (Å²) in [6.07, 6.45) is 0.603. The Hall–Kier alpha value is -1.29. The molecule has 21 heavy (non-hydrogen) atoms. The lowest BCUT2D eigenvalue weighted by atomic mass is 9.98. The molecule has 1 N–H and O–H groups in total. The van der Waals surface area contributed by atoms with Crippen LogP contribution in [0.2, 0.25) is 10.0 Å². The molecule has 2 aromatic rings. The molecule has 2 rings (SSSR count). The van der Waals surface area contributed by atoms with E-state index < -0.39 is 0 Å². The molecular formula is C16H16Cl2FNO. The first-order valence-electron chi connectivity index (χ1n) is 6.49. The van der Waals surface area contributed by atoms with Gasteiger partial charge in [0.05, 0.1) is 7.11 Å². The van der Waals surface area contributed by atoms with Gasteiger partial charge in [0, 0.05) is 21.7 Å². The van der Waals surface area contributed by atoms with E-state index in [1.54, 1.807) is 25.3 Å². The largest absolute Gasteiger partial charge is 0.496 e. The van der Waals surface area contributed by atoms with Crippen LogP contribution in [-0.2, 0) is 6.42 Å². The predicted octanol–water partition coefficient (Wildman–Crippen LogP) is 4.64. The second kappa shape index (κ2) is 7.12. The number of ether oxygens (including phenoxy) is 1. The highest BCUT2D eigenvalue weighted by molar-refractivity contribution is 6.35. The lowest BCUT2D eigenvalue weighted by molar-refractivity contribution is 0.399. The number of benzene rings is 2. The van der Waals surface area contributed by atoms with Crippen LogP contribution in [0.25, 0.3) is 0 Å². The number of rotatable bonds is 5. The van der Waals surface area contributed by atoms with Crippen molar-refractivity contribution in [1.29, 1.82) is 0 Å². The van der Waals surface area contributed by atoms with Crippen molar-refractivity contribution in [3.05, 3.63) is 63.4 Å². The second-order valence-electron chi connectivity index (χ2n) is 4.67. The van der Waals surface area contributed by atoms with Crippen LogP contribution in [-0.4, -0.2) is 14.2 Å². The van der Waals surface area contributed by atoms with Crippen LogP contribution < -0.4 is 10.1 Å². The third kappa shape index (κ3) is 3.88. The fourth-order valence-electron chi connectivity index (χ4n) is 2.25. The van der Waals surface area contributed by atoms with Crippen molar-refractivity contribution >= 4 is 23.2 Å². The van der Waals surface area contributed by atoms with Gasteiger partial charge in [-0.15, -0.1) is 0 Å². The third-order valence-corrected chi connectivity index (χ3v) is 3.94. The normalized spacial score (nSPS) is 12.2. The summed E-state index contributed by atoms with van der Waals surface area (Å²) in [5.74, 6) is 0.342. The fraction of sp³-hybridized carbons (Fsp3) is 0.250. The summed E-state index contributed by atoms with van der Waals surface area (Å²) in [7, 11) is 3.39. The zero-order valence-electron chi connectivity index (χ0n) is 11.8. The molecule has 0 aliphatic carbocycles. The first-order valence-corrected chi connectivity index (χ1v) is 7.25. The van der Waals surface area contributed by atoms with Crippen LogP contribution in [0.1, 0.15) is 17.2 Å². The summed E-state index contributed by atoms with van der Waals surface area (Å²) in [6.45, 7) is 0. The number of methoxy groups -OCH3 is 1. The maximum Gasteiger partial charge on any atom is 0.123 e. The first kappa shape index (κ1) is 16.1. The van der Waals surface area contributed by atoms with E-state index in [0.717, 1.165) is 11.1 Å². The highest BCUT2D eigenvalue weighted by Crippen LogP contribution is 2.31. The fourth-order valence-corrected chi connectivity index (χ4v) is 2.74. The maximum atomic E-state index is 13.5. The highest BCUT2D eigenvalue weighted by Gasteiger charge is 2.17. The van der Waals surface area contributed by atoms with E-state index >= 15 is 0 Å². The summed E-state index contributed by atoms with van der Waals surface area (Å²) in [5, 5.41) is 4.36. The average molecular weight is 328 g/mol. The highest BCUT2D eigenvalue weighted by atomic mass is 35.5. The molecule has 112 valence electrons. The minimum Gasteiger partial charge on any atom is -0.496 e. The van der Waals surface area contributed by atoms with E-state index in [2.05, 4.69) is 5.32 Å². The molecule has 0 aromatic heterocycles. The number of halogens is 3. The van der Waals surface area contributed by atoms with E-state index in [9.17, 15) is 4.39 Å². The summed E-state index contributed by atoms with van der Waals surface area (Å²) in [6, 6.07) is 9.73. The molecule has 0 aliphatic rings. The Morgan fingerprint density at radius 2 is 1.95 bits per heavy atom. The summed E-state index contributed by atoms with van der Waals surface area (Å²) < 4.78 is 18.8. The minimum absolute atomic E-state index is 0.116. The monoisotopic (exact) mass is 327 g/mol. The predicted molar refractivity (Wildman–Crippen MR) is 84.9 cm³/mol.